The number of thiocarbonyl (C=S) groups is 1. The van der Waals surface area contributed by atoms with E-state index in [1.165, 1.54) is 11.8 Å². The summed E-state index contributed by atoms with van der Waals surface area (Å²) >= 11 is 12.7. The molecule has 0 unspecified atom stereocenters. The Labute approximate surface area is 213 Å². The second-order valence-corrected chi connectivity index (χ2v) is 9.22. The lowest BCUT2D eigenvalue weighted by Crippen LogP contribution is -2.29. The van der Waals surface area contributed by atoms with E-state index in [2.05, 4.69) is 5.32 Å². The van der Waals surface area contributed by atoms with E-state index in [1.807, 2.05) is 6.92 Å². The molecule has 10 heteroatoms. The molecule has 0 radical (unpaired) electrons. The molecule has 7 nitrogen and oxygen atoms in total. The van der Waals surface area contributed by atoms with Crippen LogP contribution in [0.2, 0.25) is 5.02 Å². The second kappa shape index (κ2) is 12.8. The number of thioether (sulfide) groups is 1. The molecule has 1 fully saturated rings. The molecule has 2 aromatic carbocycles. The van der Waals surface area contributed by atoms with Gasteiger partial charge >= 0.3 is 0 Å². The molecule has 0 aromatic heterocycles. The van der Waals surface area contributed by atoms with Crippen LogP contribution in [-0.4, -0.2) is 54.5 Å². The van der Waals surface area contributed by atoms with Crippen LogP contribution in [0.5, 0.6) is 11.5 Å². The number of amides is 2. The molecule has 0 atom stereocenters. The molecule has 0 spiro atoms. The SMILES string of the molecule is CCOc1cc(/C=C2\SC(=S)N(CCCOC)C2=O)ccc1OCC(=O)Nc1ccccc1Cl. The maximum atomic E-state index is 12.7. The third kappa shape index (κ3) is 6.96. The van der Waals surface area contributed by atoms with E-state index in [0.717, 1.165) is 5.56 Å². The summed E-state index contributed by atoms with van der Waals surface area (Å²) in [5, 5.41) is 3.16. The number of ether oxygens (including phenoxy) is 3. The number of nitrogens with one attached hydrogen (secondary N) is 1. The van der Waals surface area contributed by atoms with Crippen molar-refractivity contribution in [1.82, 2.24) is 4.90 Å². The number of hydrogen-bond donors (Lipinski definition) is 1. The lowest BCUT2D eigenvalue weighted by Gasteiger charge is -2.14. The van der Waals surface area contributed by atoms with Gasteiger partial charge in [0, 0.05) is 20.3 Å². The summed E-state index contributed by atoms with van der Waals surface area (Å²) in [6.45, 7) is 3.12. The van der Waals surface area contributed by atoms with Gasteiger partial charge in [0.25, 0.3) is 11.8 Å². The number of anilines is 1. The van der Waals surface area contributed by atoms with Crippen LogP contribution in [0.25, 0.3) is 6.08 Å². The van der Waals surface area contributed by atoms with Crippen molar-refractivity contribution >= 4 is 63.5 Å². The maximum Gasteiger partial charge on any atom is 0.266 e. The Kier molecular flexibility index (Phi) is 9.76. The summed E-state index contributed by atoms with van der Waals surface area (Å²) in [6, 6.07) is 12.2. The highest BCUT2D eigenvalue weighted by Gasteiger charge is 2.31. The van der Waals surface area contributed by atoms with Crippen molar-refractivity contribution in [2.75, 3.05) is 38.8 Å². The predicted molar refractivity (Wildman–Crippen MR) is 140 cm³/mol. The first kappa shape index (κ1) is 26.0. The first-order chi connectivity index (χ1) is 16.4. The lowest BCUT2D eigenvalue weighted by atomic mass is 10.2. The number of methoxy groups -OCH3 is 1. The van der Waals surface area contributed by atoms with Gasteiger partial charge < -0.3 is 19.5 Å². The van der Waals surface area contributed by atoms with E-state index in [9.17, 15) is 9.59 Å². The van der Waals surface area contributed by atoms with Gasteiger partial charge in [0.05, 0.1) is 22.2 Å². The molecule has 1 N–H and O–H groups in total. The number of nitrogens with zero attached hydrogens (tertiary/aromatic N) is 1. The van der Waals surface area contributed by atoms with Crippen LogP contribution < -0.4 is 14.8 Å². The quantitative estimate of drug-likeness (QED) is 0.254. The average Bonchev–Trinajstić information content (AvgIpc) is 3.08. The van der Waals surface area contributed by atoms with Gasteiger partial charge in [-0.05, 0) is 49.2 Å². The molecule has 34 heavy (non-hydrogen) atoms. The summed E-state index contributed by atoms with van der Waals surface area (Å²) in [4.78, 5) is 27.2. The highest BCUT2D eigenvalue weighted by molar-refractivity contribution is 8.26. The van der Waals surface area contributed by atoms with Crippen LogP contribution in [0.4, 0.5) is 5.69 Å². The summed E-state index contributed by atoms with van der Waals surface area (Å²) in [5.74, 6) is 0.412. The highest BCUT2D eigenvalue weighted by Crippen LogP contribution is 2.35. The van der Waals surface area contributed by atoms with E-state index in [1.54, 1.807) is 60.6 Å². The molecule has 2 aromatic rings. The largest absolute Gasteiger partial charge is 0.490 e. The summed E-state index contributed by atoms with van der Waals surface area (Å²) in [7, 11) is 1.62. The van der Waals surface area contributed by atoms with Crippen molar-refractivity contribution in [1.29, 1.82) is 0 Å². The standard InChI is InChI=1S/C24H25ClN2O5S2/c1-3-31-20-13-16(14-21-23(29)27(24(33)34-21)11-6-12-30-2)9-10-19(20)32-15-22(28)26-18-8-5-4-7-17(18)25/h4-5,7-10,13-14H,3,6,11-12,15H2,1-2H3,(H,26,28)/b21-14-. The Balaban J connectivity index is 1.68. The Hall–Kier alpha value is -2.59. The summed E-state index contributed by atoms with van der Waals surface area (Å²) in [5.41, 5.74) is 1.27. The molecule has 0 aliphatic carbocycles. The van der Waals surface area contributed by atoms with Crippen molar-refractivity contribution in [2.45, 2.75) is 13.3 Å². The zero-order chi connectivity index (χ0) is 24.5. The molecule has 2 amide bonds. The lowest BCUT2D eigenvalue weighted by molar-refractivity contribution is -0.122. The molecule has 1 aliphatic heterocycles. The first-order valence-electron chi connectivity index (χ1n) is 10.6. The predicted octanol–water partition coefficient (Wildman–Crippen LogP) is 4.99. The van der Waals surface area contributed by atoms with E-state index >= 15 is 0 Å². The smallest absolute Gasteiger partial charge is 0.266 e. The van der Waals surface area contributed by atoms with Crippen molar-refractivity contribution in [3.8, 4) is 11.5 Å². The molecule has 0 saturated carbocycles. The van der Waals surface area contributed by atoms with Gasteiger partial charge in [0.2, 0.25) is 0 Å². The van der Waals surface area contributed by atoms with E-state index in [0.29, 0.717) is 57.6 Å². The molecule has 1 heterocycles. The minimum absolute atomic E-state index is 0.124. The number of para-hydroxylation sites is 1. The Morgan fingerprint density at radius 3 is 2.74 bits per heavy atom. The normalized spacial score (nSPS) is 14.6. The fourth-order valence-electron chi connectivity index (χ4n) is 3.11. The second-order valence-electron chi connectivity index (χ2n) is 7.14. The van der Waals surface area contributed by atoms with Crippen molar-refractivity contribution in [3.05, 3.63) is 58.0 Å². The molecule has 1 saturated heterocycles. The van der Waals surface area contributed by atoms with Crippen LogP contribution in [0.3, 0.4) is 0 Å². The fourth-order valence-corrected chi connectivity index (χ4v) is 4.60. The van der Waals surface area contributed by atoms with Crippen LogP contribution in [0.1, 0.15) is 18.9 Å². The third-order valence-corrected chi connectivity index (χ3v) is 6.38. The number of rotatable bonds is 11. The Morgan fingerprint density at radius 1 is 1.21 bits per heavy atom. The van der Waals surface area contributed by atoms with Gasteiger partial charge in [-0.1, -0.05) is 53.8 Å². The molecular formula is C24H25ClN2O5S2. The topological polar surface area (TPSA) is 77.1 Å². The summed E-state index contributed by atoms with van der Waals surface area (Å²) < 4.78 is 17.0. The third-order valence-electron chi connectivity index (χ3n) is 4.68. The number of hydrogen-bond acceptors (Lipinski definition) is 7. The number of halogens is 1. The van der Waals surface area contributed by atoms with Gasteiger partial charge in [-0.2, -0.15) is 0 Å². The monoisotopic (exact) mass is 520 g/mol. The number of carbonyl (C=O) groups excluding carboxylic acids is 2. The zero-order valence-electron chi connectivity index (χ0n) is 18.8. The Bertz CT molecular complexity index is 1090. The fraction of sp³-hybridized carbons (Fsp3) is 0.292. The molecule has 3 rings (SSSR count). The van der Waals surface area contributed by atoms with Gasteiger partial charge in [-0.15, -0.1) is 0 Å². The minimum atomic E-state index is -0.350. The zero-order valence-corrected chi connectivity index (χ0v) is 21.2. The van der Waals surface area contributed by atoms with Gasteiger partial charge in [0.15, 0.2) is 18.1 Å². The van der Waals surface area contributed by atoms with Crippen molar-refractivity contribution in [3.63, 3.8) is 0 Å². The van der Waals surface area contributed by atoms with E-state index < -0.39 is 0 Å². The van der Waals surface area contributed by atoms with Crippen LogP contribution in [0, 0.1) is 0 Å². The maximum absolute atomic E-state index is 12.7. The number of benzene rings is 2. The van der Waals surface area contributed by atoms with Crippen LogP contribution >= 0.6 is 35.6 Å². The van der Waals surface area contributed by atoms with Gasteiger partial charge in [-0.25, -0.2) is 0 Å². The highest BCUT2D eigenvalue weighted by atomic mass is 35.5. The van der Waals surface area contributed by atoms with Crippen molar-refractivity contribution in [2.24, 2.45) is 0 Å². The Morgan fingerprint density at radius 2 is 2.00 bits per heavy atom. The molecular weight excluding hydrogens is 496 g/mol. The van der Waals surface area contributed by atoms with Gasteiger partial charge in [-0.3, -0.25) is 14.5 Å². The molecule has 180 valence electrons. The van der Waals surface area contributed by atoms with Crippen LogP contribution in [0.15, 0.2) is 47.4 Å². The summed E-state index contributed by atoms with van der Waals surface area (Å²) in [6.07, 6.45) is 2.48. The van der Waals surface area contributed by atoms with E-state index in [-0.39, 0.29) is 18.4 Å². The van der Waals surface area contributed by atoms with Crippen LogP contribution in [-0.2, 0) is 14.3 Å². The first-order valence-corrected chi connectivity index (χ1v) is 12.2. The molecule has 0 bridgehead atoms. The van der Waals surface area contributed by atoms with E-state index in [4.69, 9.17) is 38.0 Å². The van der Waals surface area contributed by atoms with Gasteiger partial charge in [0.1, 0.15) is 4.32 Å². The van der Waals surface area contributed by atoms with Crippen molar-refractivity contribution < 1.29 is 23.8 Å². The number of carbonyl (C=O) groups is 2. The molecule has 1 aliphatic rings. The average molecular weight is 521 g/mol. The minimum Gasteiger partial charge on any atom is -0.490 e.